The Morgan fingerprint density at radius 2 is 2.06 bits per heavy atom. The van der Waals surface area contributed by atoms with Crippen LogP contribution in [0.2, 0.25) is 0 Å². The van der Waals surface area contributed by atoms with Crippen molar-refractivity contribution in [2.75, 3.05) is 5.32 Å². The highest BCUT2D eigenvalue weighted by Crippen LogP contribution is 2.11. The lowest BCUT2D eigenvalue weighted by atomic mass is 10.2. The Hall–Kier alpha value is -1.98. The van der Waals surface area contributed by atoms with Crippen LogP contribution in [0.4, 0.5) is 5.82 Å². The van der Waals surface area contributed by atoms with Crippen molar-refractivity contribution in [3.63, 3.8) is 0 Å². The maximum Gasteiger partial charge on any atom is 0.148 e. The quantitative estimate of drug-likeness (QED) is 0.839. The van der Waals surface area contributed by atoms with Gasteiger partial charge in [0.05, 0.1) is 24.1 Å². The average molecular weight is 246 g/mol. The fourth-order valence-electron chi connectivity index (χ4n) is 1.79. The molecule has 0 unspecified atom stereocenters. The molecule has 0 saturated heterocycles. The van der Waals surface area contributed by atoms with Gasteiger partial charge >= 0.3 is 0 Å². The topological polar surface area (TPSA) is 68.5 Å². The molecule has 0 aliphatic rings. The van der Waals surface area contributed by atoms with Gasteiger partial charge in [0.25, 0.3) is 0 Å². The Morgan fingerprint density at radius 1 is 1.22 bits per heavy atom. The third-order valence-corrected chi connectivity index (χ3v) is 2.70. The molecular formula is C12H18N6. The van der Waals surface area contributed by atoms with Crippen LogP contribution in [0, 0.1) is 0 Å². The van der Waals surface area contributed by atoms with Crippen LogP contribution < -0.4 is 5.32 Å². The van der Waals surface area contributed by atoms with Crippen molar-refractivity contribution >= 4 is 5.82 Å². The highest BCUT2D eigenvalue weighted by atomic mass is 15.4. The second-order valence-electron chi connectivity index (χ2n) is 4.00. The molecule has 0 fully saturated rings. The molecule has 0 aromatic carbocycles. The predicted molar refractivity (Wildman–Crippen MR) is 69.0 cm³/mol. The minimum atomic E-state index is 0.663. The van der Waals surface area contributed by atoms with Crippen LogP contribution in [-0.4, -0.2) is 25.0 Å². The Balaban J connectivity index is 2.06. The molecule has 1 N–H and O–H groups in total. The molecule has 2 rings (SSSR count). The van der Waals surface area contributed by atoms with Crippen molar-refractivity contribution in [1.82, 2.24) is 25.0 Å². The number of nitrogens with one attached hydrogen (secondary N) is 1. The highest BCUT2D eigenvalue weighted by Gasteiger charge is 2.06. The van der Waals surface area contributed by atoms with Gasteiger partial charge in [-0.1, -0.05) is 18.6 Å². The smallest absolute Gasteiger partial charge is 0.148 e. The zero-order valence-corrected chi connectivity index (χ0v) is 10.8. The number of aromatic nitrogens is 5. The van der Waals surface area contributed by atoms with Crippen LogP contribution in [0.25, 0.3) is 0 Å². The first-order valence-electron chi connectivity index (χ1n) is 6.26. The van der Waals surface area contributed by atoms with Crippen LogP contribution in [0.1, 0.15) is 31.7 Å². The summed E-state index contributed by atoms with van der Waals surface area (Å²) < 4.78 is 1.86. The number of hydrogen-bond acceptors (Lipinski definition) is 5. The van der Waals surface area contributed by atoms with Crippen molar-refractivity contribution in [1.29, 1.82) is 0 Å². The van der Waals surface area contributed by atoms with Crippen molar-refractivity contribution in [3.8, 4) is 0 Å². The van der Waals surface area contributed by atoms with Gasteiger partial charge < -0.3 is 5.32 Å². The molecule has 2 aromatic heterocycles. The largest absolute Gasteiger partial charge is 0.363 e. The average Bonchev–Trinajstić information content (AvgIpc) is 2.85. The van der Waals surface area contributed by atoms with Gasteiger partial charge in [0.15, 0.2) is 0 Å². The summed E-state index contributed by atoms with van der Waals surface area (Å²) in [4.78, 5) is 8.68. The maximum atomic E-state index is 4.35. The van der Waals surface area contributed by atoms with Crippen molar-refractivity contribution < 1.29 is 0 Å². The zero-order valence-electron chi connectivity index (χ0n) is 10.8. The van der Waals surface area contributed by atoms with E-state index in [0.717, 1.165) is 36.6 Å². The molecule has 0 aliphatic carbocycles. The second-order valence-corrected chi connectivity index (χ2v) is 4.00. The van der Waals surface area contributed by atoms with E-state index in [0.29, 0.717) is 6.54 Å². The summed E-state index contributed by atoms with van der Waals surface area (Å²) in [5.74, 6) is 0.850. The number of nitrogens with zero attached hydrogens (tertiary/aromatic N) is 5. The van der Waals surface area contributed by atoms with Gasteiger partial charge in [-0.2, -0.15) is 0 Å². The Morgan fingerprint density at radius 3 is 2.83 bits per heavy atom. The molecule has 6 nitrogen and oxygen atoms in total. The van der Waals surface area contributed by atoms with Gasteiger partial charge in [-0.05, 0) is 13.3 Å². The summed E-state index contributed by atoms with van der Waals surface area (Å²) in [5, 5.41) is 11.2. The molecule has 2 heterocycles. The summed E-state index contributed by atoms with van der Waals surface area (Å²) in [5.41, 5.74) is 2.06. The van der Waals surface area contributed by atoms with Gasteiger partial charge in [-0.3, -0.25) is 4.98 Å². The Bertz CT molecular complexity index is 493. The first kappa shape index (κ1) is 12.5. The van der Waals surface area contributed by atoms with E-state index in [1.54, 1.807) is 18.6 Å². The third-order valence-electron chi connectivity index (χ3n) is 2.70. The van der Waals surface area contributed by atoms with Crippen molar-refractivity contribution in [2.24, 2.45) is 0 Å². The molecule has 96 valence electrons. The van der Waals surface area contributed by atoms with Gasteiger partial charge in [0.2, 0.25) is 0 Å². The molecule has 0 bridgehead atoms. The summed E-state index contributed by atoms with van der Waals surface area (Å²) in [6.45, 7) is 5.66. The summed E-state index contributed by atoms with van der Waals surface area (Å²) in [6, 6.07) is 0. The van der Waals surface area contributed by atoms with Crippen LogP contribution in [-0.2, 0) is 19.5 Å². The molecule has 0 atom stereocenters. The number of hydrogen-bond donors (Lipinski definition) is 1. The lowest BCUT2D eigenvalue weighted by Crippen LogP contribution is -2.10. The SMILES string of the molecule is CCCc1nccnc1NCc1cnnn1CC. The molecule has 0 amide bonds. The lowest BCUT2D eigenvalue weighted by Gasteiger charge is -2.09. The lowest BCUT2D eigenvalue weighted by molar-refractivity contribution is 0.601. The van der Waals surface area contributed by atoms with Crippen LogP contribution in [0.5, 0.6) is 0 Å². The number of rotatable bonds is 6. The van der Waals surface area contributed by atoms with Crippen LogP contribution in [0.15, 0.2) is 18.6 Å². The number of anilines is 1. The van der Waals surface area contributed by atoms with Gasteiger partial charge in [-0.25, -0.2) is 9.67 Å². The second kappa shape index (κ2) is 6.09. The first-order chi connectivity index (χ1) is 8.85. The minimum absolute atomic E-state index is 0.663. The summed E-state index contributed by atoms with van der Waals surface area (Å²) in [7, 11) is 0. The molecule has 0 aliphatic heterocycles. The van der Waals surface area contributed by atoms with Gasteiger partial charge in [0.1, 0.15) is 5.82 Å². The van der Waals surface area contributed by atoms with Gasteiger partial charge in [0, 0.05) is 18.9 Å². The molecule has 6 heteroatoms. The van der Waals surface area contributed by atoms with E-state index < -0.39 is 0 Å². The molecular weight excluding hydrogens is 228 g/mol. The standard InChI is InChI=1S/C12H18N6/c1-3-5-11-12(14-7-6-13-11)15-8-10-9-16-17-18(10)4-2/h6-7,9H,3-5,8H2,1-2H3,(H,14,15). The van der Waals surface area contributed by atoms with E-state index in [1.165, 1.54) is 0 Å². The summed E-state index contributed by atoms with van der Waals surface area (Å²) >= 11 is 0. The molecule has 2 aromatic rings. The first-order valence-corrected chi connectivity index (χ1v) is 6.26. The maximum absolute atomic E-state index is 4.35. The number of aryl methyl sites for hydroxylation is 2. The minimum Gasteiger partial charge on any atom is -0.363 e. The fraction of sp³-hybridized carbons (Fsp3) is 0.500. The predicted octanol–water partition coefficient (Wildman–Crippen LogP) is 1.65. The van der Waals surface area contributed by atoms with E-state index >= 15 is 0 Å². The van der Waals surface area contributed by atoms with E-state index in [1.807, 2.05) is 11.6 Å². The highest BCUT2D eigenvalue weighted by molar-refractivity contribution is 5.39. The Labute approximate surface area is 106 Å². The van der Waals surface area contributed by atoms with Crippen LogP contribution in [0.3, 0.4) is 0 Å². The molecule has 18 heavy (non-hydrogen) atoms. The third kappa shape index (κ3) is 2.82. The monoisotopic (exact) mass is 246 g/mol. The normalized spacial score (nSPS) is 10.6. The summed E-state index contributed by atoms with van der Waals surface area (Å²) in [6.07, 6.45) is 7.19. The molecule has 0 radical (unpaired) electrons. The molecule has 0 spiro atoms. The Kier molecular flexibility index (Phi) is 4.22. The molecule has 0 saturated carbocycles. The van der Waals surface area contributed by atoms with Crippen LogP contribution >= 0.6 is 0 Å². The van der Waals surface area contributed by atoms with E-state index in [2.05, 4.69) is 32.5 Å². The van der Waals surface area contributed by atoms with Gasteiger partial charge in [-0.15, -0.1) is 5.10 Å². The van der Waals surface area contributed by atoms with E-state index in [4.69, 9.17) is 0 Å². The van der Waals surface area contributed by atoms with E-state index in [9.17, 15) is 0 Å². The van der Waals surface area contributed by atoms with E-state index in [-0.39, 0.29) is 0 Å². The zero-order chi connectivity index (χ0) is 12.8. The fourth-order valence-corrected chi connectivity index (χ4v) is 1.79. The van der Waals surface area contributed by atoms with Crippen molar-refractivity contribution in [2.45, 2.75) is 39.8 Å². The van der Waals surface area contributed by atoms with Crippen molar-refractivity contribution in [3.05, 3.63) is 30.0 Å².